The molecule has 0 saturated carbocycles. The third-order valence-electron chi connectivity index (χ3n) is 8.87. The first-order valence-corrected chi connectivity index (χ1v) is 16.6. The number of aromatic hydroxyl groups is 1. The third kappa shape index (κ3) is 8.27. The zero-order chi connectivity index (χ0) is 30.2. The molecule has 10 nitrogen and oxygen atoms in total. The molecule has 43 heavy (non-hydrogen) atoms. The van der Waals surface area contributed by atoms with Crippen molar-refractivity contribution in [2.75, 3.05) is 52.4 Å². The molecule has 4 N–H and O–H groups in total. The topological polar surface area (TPSA) is 131 Å². The summed E-state index contributed by atoms with van der Waals surface area (Å²) in [5.41, 5.74) is 0.837. The van der Waals surface area contributed by atoms with E-state index in [0.717, 1.165) is 62.5 Å². The maximum absolute atomic E-state index is 12.9. The number of piperidine rings is 1. The van der Waals surface area contributed by atoms with Crippen LogP contribution in [-0.4, -0.2) is 88.9 Å². The van der Waals surface area contributed by atoms with Crippen molar-refractivity contribution >= 4 is 27.5 Å². The molecule has 2 saturated heterocycles. The molecule has 1 aromatic carbocycles. The molecule has 3 aromatic rings. The Balaban J connectivity index is 0.883. The Morgan fingerprint density at radius 2 is 1.81 bits per heavy atom. The molecule has 2 aliphatic rings. The smallest absolute Gasteiger partial charge is 0.305 e. The highest BCUT2D eigenvalue weighted by Gasteiger charge is 2.41. The average molecular weight is 615 g/mol. The number of morpholine rings is 1. The Hall–Kier alpha value is -2.70. The fourth-order valence-electron chi connectivity index (χ4n) is 6.33. The van der Waals surface area contributed by atoms with Crippen molar-refractivity contribution < 1.29 is 24.2 Å². The molecule has 2 aliphatic heterocycles. The van der Waals surface area contributed by atoms with Crippen LogP contribution in [-0.2, 0) is 4.74 Å². The van der Waals surface area contributed by atoms with E-state index in [0.29, 0.717) is 47.8 Å². The molecule has 0 aliphatic carbocycles. The second-order valence-electron chi connectivity index (χ2n) is 12.1. The van der Waals surface area contributed by atoms with Crippen LogP contribution in [0.5, 0.6) is 5.75 Å². The summed E-state index contributed by atoms with van der Waals surface area (Å²) in [6.45, 7) is 8.14. The minimum atomic E-state index is -0.731. The van der Waals surface area contributed by atoms with E-state index < -0.39 is 6.10 Å². The fourth-order valence-corrected chi connectivity index (χ4v) is 7.25. The van der Waals surface area contributed by atoms with Crippen LogP contribution in [0, 0.1) is 6.92 Å². The van der Waals surface area contributed by atoms with Gasteiger partial charge in [0.2, 0.25) is 0 Å². The number of ether oxygens (including phenoxy) is 1. The van der Waals surface area contributed by atoms with Crippen LogP contribution < -0.4 is 10.2 Å². The summed E-state index contributed by atoms with van der Waals surface area (Å²) in [6.07, 6.45) is 9.62. The van der Waals surface area contributed by atoms with Gasteiger partial charge in [-0.3, -0.25) is 9.59 Å². The van der Waals surface area contributed by atoms with Gasteiger partial charge >= 0.3 is 4.87 Å². The number of benzene rings is 1. The maximum atomic E-state index is 12.9. The van der Waals surface area contributed by atoms with Crippen LogP contribution in [0.25, 0.3) is 10.2 Å². The largest absolute Gasteiger partial charge is 0.506 e. The van der Waals surface area contributed by atoms with Crippen molar-refractivity contribution in [3.63, 3.8) is 0 Å². The van der Waals surface area contributed by atoms with Gasteiger partial charge in [-0.15, -0.1) is 0 Å². The Kier molecular flexibility index (Phi) is 11.0. The van der Waals surface area contributed by atoms with E-state index in [2.05, 4.69) is 15.2 Å². The number of phenols is 1. The molecule has 0 bridgehead atoms. The van der Waals surface area contributed by atoms with Crippen molar-refractivity contribution in [1.82, 2.24) is 20.1 Å². The molecule has 1 unspecified atom stereocenters. The zero-order valence-corrected chi connectivity index (χ0v) is 26.1. The molecule has 2 aromatic heterocycles. The number of hydrogen-bond acceptors (Lipinski definition) is 9. The predicted octanol–water partition coefficient (Wildman–Crippen LogP) is 4.56. The summed E-state index contributed by atoms with van der Waals surface area (Å²) in [7, 11) is 0. The second-order valence-corrected chi connectivity index (χ2v) is 13.1. The Labute approximate surface area is 257 Å². The van der Waals surface area contributed by atoms with E-state index >= 15 is 0 Å². The summed E-state index contributed by atoms with van der Waals surface area (Å²) >= 11 is 1.01. The highest BCUT2D eigenvalue weighted by Crippen LogP contribution is 2.32. The first-order valence-electron chi connectivity index (χ1n) is 15.8. The molecule has 1 atom stereocenters. The quantitative estimate of drug-likeness (QED) is 0.195. The van der Waals surface area contributed by atoms with Crippen molar-refractivity contribution in [3.8, 4) is 5.75 Å². The highest BCUT2D eigenvalue weighted by atomic mass is 32.1. The number of unbranched alkanes of at least 4 members (excludes halogenated alkanes) is 6. The third-order valence-corrected chi connectivity index (χ3v) is 9.80. The van der Waals surface area contributed by atoms with Gasteiger partial charge < -0.3 is 39.5 Å². The number of aryl methyl sites for hydroxylation is 1. The van der Waals surface area contributed by atoms with Crippen molar-refractivity contribution in [2.24, 2.45) is 0 Å². The lowest BCUT2D eigenvalue weighted by molar-refractivity contribution is -0.127. The number of fused-ring (bicyclic) bond motifs is 1. The number of aromatic amines is 1. The number of carbonyl (C=O) groups is 1. The van der Waals surface area contributed by atoms with Crippen LogP contribution in [0.3, 0.4) is 0 Å². The molecule has 4 heterocycles. The number of furan rings is 1. The average Bonchev–Trinajstić information content (AvgIpc) is 3.62. The molecular weight excluding hydrogens is 568 g/mol. The van der Waals surface area contributed by atoms with Gasteiger partial charge in [0.25, 0.3) is 5.91 Å². The molecule has 1 spiro atoms. The van der Waals surface area contributed by atoms with Crippen LogP contribution in [0.4, 0.5) is 0 Å². The van der Waals surface area contributed by atoms with Crippen LogP contribution in [0.15, 0.2) is 33.5 Å². The summed E-state index contributed by atoms with van der Waals surface area (Å²) < 4.78 is 12.4. The molecule has 0 radical (unpaired) electrons. The molecule has 11 heteroatoms. The zero-order valence-electron chi connectivity index (χ0n) is 25.2. The van der Waals surface area contributed by atoms with Gasteiger partial charge in [-0.05, 0) is 63.9 Å². The predicted molar refractivity (Wildman–Crippen MR) is 168 cm³/mol. The van der Waals surface area contributed by atoms with Gasteiger partial charge in [-0.25, -0.2) is 0 Å². The number of amides is 1. The number of thiazole rings is 1. The molecular formula is C32H46N4O6S. The normalized spacial score (nSPS) is 18.0. The monoisotopic (exact) mass is 614 g/mol. The Bertz CT molecular complexity index is 1390. The Morgan fingerprint density at radius 3 is 2.56 bits per heavy atom. The van der Waals surface area contributed by atoms with Crippen molar-refractivity contribution in [2.45, 2.75) is 76.4 Å². The van der Waals surface area contributed by atoms with Crippen molar-refractivity contribution in [3.05, 3.63) is 51.0 Å². The van der Waals surface area contributed by atoms with Gasteiger partial charge in [0, 0.05) is 31.7 Å². The second kappa shape index (κ2) is 14.9. The number of rotatable bonds is 14. The lowest BCUT2D eigenvalue weighted by Gasteiger charge is -2.47. The summed E-state index contributed by atoms with van der Waals surface area (Å²) in [6, 6.07) is 6.80. The van der Waals surface area contributed by atoms with Gasteiger partial charge in [-0.2, -0.15) is 0 Å². The van der Waals surface area contributed by atoms with Crippen molar-refractivity contribution in [1.29, 1.82) is 0 Å². The lowest BCUT2D eigenvalue weighted by atomic mass is 9.89. The number of nitrogens with one attached hydrogen (secondary N) is 2. The number of likely N-dealkylation sites (tertiary alicyclic amines) is 1. The molecule has 236 valence electrons. The summed E-state index contributed by atoms with van der Waals surface area (Å²) in [5.74, 6) is 1.18. The summed E-state index contributed by atoms with van der Waals surface area (Å²) in [4.78, 5) is 31.4. The van der Waals surface area contributed by atoms with Crippen LogP contribution >= 0.6 is 11.3 Å². The van der Waals surface area contributed by atoms with E-state index in [1.807, 2.05) is 17.9 Å². The first-order chi connectivity index (χ1) is 20.8. The van der Waals surface area contributed by atoms with Gasteiger partial charge in [0.1, 0.15) is 17.0 Å². The number of aromatic nitrogens is 1. The number of hydrogen-bond donors (Lipinski definition) is 4. The van der Waals surface area contributed by atoms with E-state index in [4.69, 9.17) is 9.15 Å². The fraction of sp³-hybridized carbons (Fsp3) is 0.625. The number of aliphatic hydroxyl groups is 1. The Morgan fingerprint density at radius 1 is 1.07 bits per heavy atom. The first kappa shape index (κ1) is 31.7. The van der Waals surface area contributed by atoms with E-state index in [1.165, 1.54) is 44.6 Å². The minimum absolute atomic E-state index is 0.0237. The van der Waals surface area contributed by atoms with Gasteiger partial charge in [0.15, 0.2) is 5.76 Å². The van der Waals surface area contributed by atoms with E-state index in [9.17, 15) is 19.8 Å². The van der Waals surface area contributed by atoms with E-state index in [-0.39, 0.29) is 22.1 Å². The van der Waals surface area contributed by atoms with Crippen LogP contribution in [0.2, 0.25) is 0 Å². The lowest BCUT2D eigenvalue weighted by Crippen LogP contribution is -2.58. The number of phenolic OH excluding ortho intramolecular Hbond substituents is 1. The highest BCUT2D eigenvalue weighted by molar-refractivity contribution is 7.16. The van der Waals surface area contributed by atoms with Crippen LogP contribution in [0.1, 0.15) is 85.8 Å². The number of H-pyrrole nitrogens is 1. The van der Waals surface area contributed by atoms with Gasteiger partial charge in [0.05, 0.1) is 29.6 Å². The van der Waals surface area contributed by atoms with Gasteiger partial charge in [-0.1, -0.05) is 49.5 Å². The number of aliphatic hydroxyl groups excluding tert-OH is 1. The molecule has 2 fully saturated rings. The maximum Gasteiger partial charge on any atom is 0.305 e. The minimum Gasteiger partial charge on any atom is -0.506 e. The molecule has 1 amide bonds. The van der Waals surface area contributed by atoms with E-state index in [1.54, 1.807) is 12.1 Å². The number of carbonyl (C=O) groups excluding carboxylic acids is 1. The SMILES string of the molecule is Cc1ccc(C(=O)N2CCOC3(CCN(CCCCCCCCCNCC(O)c4ccc(O)c5[nH]c(=O)sc45)CC3)C2)o1. The summed E-state index contributed by atoms with van der Waals surface area (Å²) in [5, 5.41) is 23.8. The number of nitrogens with zero attached hydrogens (tertiary/aromatic N) is 2. The molecule has 5 rings (SSSR count). The standard InChI is InChI=1S/C32H46N4O6S/c1-23-9-12-27(42-23)30(39)36-19-20-41-32(22-36)13-17-35(18-14-32)16-8-6-4-2-3-5-7-15-33-21-26(38)24-10-11-25(37)28-29(24)43-31(40)34-28/h9-12,26,33,37-38H,2-8,13-22H2,1H3,(H,34,40).